The van der Waals surface area contributed by atoms with Crippen molar-refractivity contribution < 1.29 is 14.1 Å². The molecule has 1 aliphatic heterocycles. The van der Waals surface area contributed by atoms with Gasteiger partial charge in [0.25, 0.3) is 5.89 Å². The minimum Gasteiger partial charge on any atom is -0.368 e. The molecule has 134 valence electrons. The Morgan fingerprint density at radius 2 is 2.12 bits per heavy atom. The third-order valence-corrected chi connectivity index (χ3v) is 4.92. The van der Waals surface area contributed by atoms with Crippen LogP contribution in [0.4, 0.5) is 0 Å². The van der Waals surface area contributed by atoms with E-state index in [0.717, 1.165) is 25.2 Å². The van der Waals surface area contributed by atoms with Crippen molar-refractivity contribution in [2.45, 2.75) is 45.1 Å². The van der Waals surface area contributed by atoms with E-state index in [9.17, 15) is 4.79 Å². The zero-order chi connectivity index (χ0) is 17.6. The first-order valence-electron chi connectivity index (χ1n) is 8.46. The average molecular weight is 361 g/mol. The number of nitrogens with zero attached hydrogens (tertiary/aromatic N) is 2. The van der Waals surface area contributed by atoms with Crippen LogP contribution in [-0.2, 0) is 21.8 Å². The van der Waals surface area contributed by atoms with Crippen LogP contribution in [-0.4, -0.2) is 28.4 Å². The van der Waals surface area contributed by atoms with Crippen LogP contribution in [0.25, 0.3) is 0 Å². The van der Waals surface area contributed by atoms with E-state index >= 15 is 0 Å². The van der Waals surface area contributed by atoms with Gasteiger partial charge in [-0.15, -0.1) is 11.8 Å². The molecule has 0 aliphatic carbocycles. The summed E-state index contributed by atoms with van der Waals surface area (Å²) in [4.78, 5) is 16.2. The lowest BCUT2D eigenvalue weighted by atomic mass is 10.1. The molecule has 1 aromatic heterocycles. The fourth-order valence-electron chi connectivity index (χ4n) is 2.89. The number of nitrogens with one attached hydrogen (secondary N) is 1. The number of benzene rings is 1. The molecule has 0 bridgehead atoms. The number of hydrogen-bond acceptors (Lipinski definition) is 6. The molecule has 1 aromatic carbocycles. The molecule has 0 unspecified atom stereocenters. The third kappa shape index (κ3) is 5.31. The second kappa shape index (κ2) is 8.49. The predicted molar refractivity (Wildman–Crippen MR) is 96.1 cm³/mol. The smallest absolute Gasteiger partial charge is 0.255 e. The van der Waals surface area contributed by atoms with Gasteiger partial charge < -0.3 is 14.6 Å². The highest BCUT2D eigenvalue weighted by molar-refractivity contribution is 7.99. The molecule has 0 saturated carbocycles. The van der Waals surface area contributed by atoms with Gasteiger partial charge in [0.2, 0.25) is 5.91 Å². The first-order valence-corrected chi connectivity index (χ1v) is 9.61. The number of carbonyl (C=O) groups is 1. The molecular weight excluding hydrogens is 338 g/mol. The largest absolute Gasteiger partial charge is 0.368 e. The Balaban J connectivity index is 1.39. The molecule has 1 aliphatic rings. The summed E-state index contributed by atoms with van der Waals surface area (Å²) in [7, 11) is 0. The summed E-state index contributed by atoms with van der Waals surface area (Å²) < 4.78 is 10.7. The molecule has 25 heavy (non-hydrogen) atoms. The van der Waals surface area contributed by atoms with Gasteiger partial charge in [0.05, 0.1) is 12.3 Å². The van der Waals surface area contributed by atoms with Gasteiger partial charge in [0.15, 0.2) is 5.82 Å². The van der Waals surface area contributed by atoms with E-state index in [-0.39, 0.29) is 18.6 Å². The molecule has 1 saturated heterocycles. The highest BCUT2D eigenvalue weighted by Crippen LogP contribution is 2.26. The Bertz CT molecular complexity index is 706. The van der Waals surface area contributed by atoms with E-state index in [4.69, 9.17) is 9.26 Å². The Morgan fingerprint density at radius 3 is 2.84 bits per heavy atom. The van der Waals surface area contributed by atoms with Crippen molar-refractivity contribution in [3.8, 4) is 0 Å². The van der Waals surface area contributed by atoms with E-state index in [0.29, 0.717) is 17.5 Å². The SMILES string of the molecule is Cc1cc(C)cc(CSCC(=O)NCc2noc([C@@H]3CCCO3)n2)c1. The maximum atomic E-state index is 12.0. The van der Waals surface area contributed by atoms with Crippen molar-refractivity contribution in [1.82, 2.24) is 15.5 Å². The number of amides is 1. The summed E-state index contributed by atoms with van der Waals surface area (Å²) in [6.07, 6.45) is 1.82. The van der Waals surface area contributed by atoms with Crippen LogP contribution >= 0.6 is 11.8 Å². The zero-order valence-corrected chi connectivity index (χ0v) is 15.4. The Hall–Kier alpha value is -1.86. The van der Waals surface area contributed by atoms with Crippen LogP contribution in [0.5, 0.6) is 0 Å². The second-order valence-corrected chi connectivity index (χ2v) is 7.30. The Labute approximate surface area is 151 Å². The standard InChI is InChI=1S/C18H23N3O3S/c1-12-6-13(2)8-14(7-12)10-25-11-17(22)19-9-16-20-18(24-21-16)15-4-3-5-23-15/h6-8,15H,3-5,9-11H2,1-2H3,(H,19,22)/t15-/m0/s1. The van der Waals surface area contributed by atoms with Gasteiger partial charge in [-0.2, -0.15) is 4.98 Å². The average Bonchev–Trinajstić information content (AvgIpc) is 3.23. The topological polar surface area (TPSA) is 77.2 Å². The molecule has 2 aromatic rings. The van der Waals surface area contributed by atoms with Crippen molar-refractivity contribution in [3.05, 3.63) is 46.6 Å². The van der Waals surface area contributed by atoms with E-state index in [1.54, 1.807) is 11.8 Å². The fraction of sp³-hybridized carbons (Fsp3) is 0.500. The van der Waals surface area contributed by atoms with Crippen LogP contribution in [0, 0.1) is 13.8 Å². The summed E-state index contributed by atoms with van der Waals surface area (Å²) in [5.41, 5.74) is 3.74. The monoisotopic (exact) mass is 361 g/mol. The quantitative estimate of drug-likeness (QED) is 0.817. The van der Waals surface area contributed by atoms with Crippen LogP contribution in [0.1, 0.15) is 47.4 Å². The van der Waals surface area contributed by atoms with Crippen LogP contribution in [0.15, 0.2) is 22.7 Å². The van der Waals surface area contributed by atoms with Gasteiger partial charge in [-0.1, -0.05) is 34.5 Å². The second-order valence-electron chi connectivity index (χ2n) is 6.32. The number of ether oxygens (including phenoxy) is 1. The van der Waals surface area contributed by atoms with E-state index in [1.807, 2.05) is 0 Å². The fourth-order valence-corrected chi connectivity index (χ4v) is 3.68. The highest BCUT2D eigenvalue weighted by atomic mass is 32.2. The lowest BCUT2D eigenvalue weighted by Gasteiger charge is -2.05. The molecule has 0 spiro atoms. The molecule has 1 fully saturated rings. The van der Waals surface area contributed by atoms with Crippen molar-refractivity contribution in [2.75, 3.05) is 12.4 Å². The van der Waals surface area contributed by atoms with Gasteiger partial charge in [-0.05, 0) is 32.3 Å². The van der Waals surface area contributed by atoms with Crippen LogP contribution < -0.4 is 5.32 Å². The summed E-state index contributed by atoms with van der Waals surface area (Å²) in [5, 5.41) is 6.72. The van der Waals surface area contributed by atoms with Crippen molar-refractivity contribution in [3.63, 3.8) is 0 Å². The number of thioether (sulfide) groups is 1. The third-order valence-electron chi connectivity index (χ3n) is 3.92. The lowest BCUT2D eigenvalue weighted by molar-refractivity contribution is -0.118. The highest BCUT2D eigenvalue weighted by Gasteiger charge is 2.23. The number of hydrogen-bond donors (Lipinski definition) is 1. The first kappa shape index (κ1) is 17.9. The number of aromatic nitrogens is 2. The lowest BCUT2D eigenvalue weighted by Crippen LogP contribution is -2.25. The van der Waals surface area contributed by atoms with Gasteiger partial charge in [0.1, 0.15) is 6.10 Å². The van der Waals surface area contributed by atoms with Crippen LogP contribution in [0.2, 0.25) is 0 Å². The number of carbonyl (C=O) groups excluding carboxylic acids is 1. The van der Waals surface area contributed by atoms with Crippen molar-refractivity contribution in [2.24, 2.45) is 0 Å². The molecule has 3 rings (SSSR count). The minimum atomic E-state index is -0.0923. The summed E-state index contributed by atoms with van der Waals surface area (Å²) in [5.74, 6) is 2.19. The van der Waals surface area contributed by atoms with E-state index in [1.165, 1.54) is 16.7 Å². The Morgan fingerprint density at radius 1 is 1.32 bits per heavy atom. The Kier molecular flexibility index (Phi) is 6.09. The van der Waals surface area contributed by atoms with Gasteiger partial charge in [0, 0.05) is 12.4 Å². The molecule has 7 heteroatoms. The maximum absolute atomic E-state index is 12.0. The number of aryl methyl sites for hydroxylation is 2. The molecular formula is C18H23N3O3S. The summed E-state index contributed by atoms with van der Waals surface area (Å²) in [6.45, 7) is 5.18. The first-order chi connectivity index (χ1) is 12.1. The predicted octanol–water partition coefficient (Wildman–Crippen LogP) is 3.09. The van der Waals surface area contributed by atoms with Crippen LogP contribution in [0.3, 0.4) is 0 Å². The molecule has 1 amide bonds. The van der Waals surface area contributed by atoms with Crippen molar-refractivity contribution >= 4 is 17.7 Å². The van der Waals surface area contributed by atoms with E-state index < -0.39 is 0 Å². The summed E-state index contributed by atoms with van der Waals surface area (Å²) in [6, 6.07) is 6.46. The molecule has 0 radical (unpaired) electrons. The zero-order valence-electron chi connectivity index (χ0n) is 14.6. The molecule has 6 nitrogen and oxygen atoms in total. The normalized spacial score (nSPS) is 17.0. The summed E-state index contributed by atoms with van der Waals surface area (Å²) >= 11 is 1.60. The molecule has 1 atom stereocenters. The molecule has 1 N–H and O–H groups in total. The molecule has 2 heterocycles. The number of rotatable bonds is 7. The minimum absolute atomic E-state index is 0.0298. The van der Waals surface area contributed by atoms with Gasteiger partial charge in [-0.25, -0.2) is 0 Å². The van der Waals surface area contributed by atoms with Crippen molar-refractivity contribution in [1.29, 1.82) is 0 Å². The maximum Gasteiger partial charge on any atom is 0.255 e. The van der Waals surface area contributed by atoms with E-state index in [2.05, 4.69) is 47.5 Å². The van der Waals surface area contributed by atoms with Gasteiger partial charge >= 0.3 is 0 Å². The van der Waals surface area contributed by atoms with Gasteiger partial charge in [-0.3, -0.25) is 4.79 Å².